The summed E-state index contributed by atoms with van der Waals surface area (Å²) in [5.41, 5.74) is 3.45. The third-order valence-corrected chi connectivity index (χ3v) is 5.85. The molecule has 168 valence electrons. The van der Waals surface area contributed by atoms with Crippen LogP contribution in [0.25, 0.3) is 5.69 Å². The molecule has 1 fully saturated rings. The normalized spacial score (nSPS) is 15.5. The number of ether oxygens (including phenoxy) is 1. The first kappa shape index (κ1) is 21.8. The van der Waals surface area contributed by atoms with E-state index in [4.69, 9.17) is 4.74 Å². The van der Waals surface area contributed by atoms with Crippen LogP contribution in [0.1, 0.15) is 30.0 Å². The second-order valence-corrected chi connectivity index (χ2v) is 7.85. The van der Waals surface area contributed by atoms with Crippen molar-refractivity contribution in [3.8, 4) is 11.4 Å². The van der Waals surface area contributed by atoms with Gasteiger partial charge in [-0.25, -0.2) is 9.67 Å². The molecular weight excluding hydrogens is 402 g/mol. The monoisotopic (exact) mass is 433 g/mol. The van der Waals surface area contributed by atoms with Crippen molar-refractivity contribution < 1.29 is 4.74 Å². The van der Waals surface area contributed by atoms with E-state index in [1.165, 1.54) is 30.3 Å². The predicted octanol–water partition coefficient (Wildman–Crippen LogP) is 2.78. The van der Waals surface area contributed by atoms with E-state index in [-0.39, 0.29) is 0 Å². The van der Waals surface area contributed by atoms with Gasteiger partial charge in [0.1, 0.15) is 18.4 Å². The van der Waals surface area contributed by atoms with Crippen LogP contribution in [0.2, 0.25) is 0 Å². The molecule has 8 heteroatoms. The molecule has 1 saturated heterocycles. The number of nitrogens with zero attached hydrogens (tertiary/aromatic N) is 5. The summed E-state index contributed by atoms with van der Waals surface area (Å²) in [5, 5.41) is 11.1. The highest BCUT2D eigenvalue weighted by Crippen LogP contribution is 2.26. The van der Waals surface area contributed by atoms with Gasteiger partial charge in [-0.05, 0) is 61.3 Å². The summed E-state index contributed by atoms with van der Waals surface area (Å²) >= 11 is 0. The molecule has 0 aliphatic carbocycles. The van der Waals surface area contributed by atoms with Crippen LogP contribution < -0.4 is 15.4 Å². The number of benzene rings is 2. The van der Waals surface area contributed by atoms with Crippen molar-refractivity contribution in [3.05, 3.63) is 72.3 Å². The minimum Gasteiger partial charge on any atom is -0.497 e. The van der Waals surface area contributed by atoms with E-state index in [2.05, 4.69) is 54.9 Å². The van der Waals surface area contributed by atoms with Gasteiger partial charge in [0.15, 0.2) is 5.96 Å². The number of hydrogen-bond acceptors (Lipinski definition) is 5. The van der Waals surface area contributed by atoms with Crippen LogP contribution >= 0.6 is 0 Å². The fourth-order valence-corrected chi connectivity index (χ4v) is 4.04. The van der Waals surface area contributed by atoms with Gasteiger partial charge in [-0.15, -0.1) is 0 Å². The minimum absolute atomic E-state index is 0.295. The Morgan fingerprint density at radius 2 is 1.81 bits per heavy atom. The largest absolute Gasteiger partial charge is 0.497 e. The van der Waals surface area contributed by atoms with Gasteiger partial charge in [0, 0.05) is 20.1 Å². The van der Waals surface area contributed by atoms with Gasteiger partial charge in [0.05, 0.1) is 18.8 Å². The van der Waals surface area contributed by atoms with Gasteiger partial charge in [-0.2, -0.15) is 5.10 Å². The standard InChI is InChI=1S/C24H31N7O/c1-25-24(27-15-19-5-9-21(10-6-19)31-18-26-17-29-31)28-16-23(30-13-3-4-14-30)20-7-11-22(32-2)12-8-20/h5-12,17-18,23H,3-4,13-16H2,1-2H3,(H2,25,27,28). The third kappa shape index (κ3) is 5.45. The summed E-state index contributed by atoms with van der Waals surface area (Å²) in [6, 6.07) is 16.9. The Morgan fingerprint density at radius 3 is 2.44 bits per heavy atom. The molecule has 2 heterocycles. The van der Waals surface area contributed by atoms with E-state index in [0.717, 1.165) is 37.0 Å². The van der Waals surface area contributed by atoms with Crippen LogP contribution in [-0.2, 0) is 6.54 Å². The maximum absolute atomic E-state index is 5.33. The average molecular weight is 434 g/mol. The SMILES string of the molecule is CN=C(NCc1ccc(-n2cncn2)cc1)NCC(c1ccc(OC)cc1)N1CCCC1. The highest BCUT2D eigenvalue weighted by molar-refractivity contribution is 5.79. The molecule has 0 spiro atoms. The summed E-state index contributed by atoms with van der Waals surface area (Å²) < 4.78 is 7.07. The molecule has 0 amide bonds. The molecule has 32 heavy (non-hydrogen) atoms. The number of nitrogens with one attached hydrogen (secondary N) is 2. The Bertz CT molecular complexity index is 978. The molecule has 0 saturated carbocycles. The minimum atomic E-state index is 0.295. The Hall–Kier alpha value is -3.39. The molecule has 0 radical (unpaired) electrons. The van der Waals surface area contributed by atoms with Gasteiger partial charge in [-0.1, -0.05) is 24.3 Å². The van der Waals surface area contributed by atoms with E-state index >= 15 is 0 Å². The lowest BCUT2D eigenvalue weighted by Crippen LogP contribution is -2.42. The van der Waals surface area contributed by atoms with Gasteiger partial charge in [-0.3, -0.25) is 9.89 Å². The molecule has 4 rings (SSSR count). The number of aromatic nitrogens is 3. The lowest BCUT2D eigenvalue weighted by Gasteiger charge is -2.29. The first-order valence-corrected chi connectivity index (χ1v) is 11.0. The number of likely N-dealkylation sites (tertiary alicyclic amines) is 1. The summed E-state index contributed by atoms with van der Waals surface area (Å²) in [6.45, 7) is 3.73. The van der Waals surface area contributed by atoms with Crippen molar-refractivity contribution in [1.82, 2.24) is 30.3 Å². The molecule has 0 bridgehead atoms. The van der Waals surface area contributed by atoms with E-state index in [9.17, 15) is 0 Å². The summed E-state index contributed by atoms with van der Waals surface area (Å²) in [4.78, 5) is 11.0. The summed E-state index contributed by atoms with van der Waals surface area (Å²) in [7, 11) is 3.51. The Kier molecular flexibility index (Phi) is 7.34. The average Bonchev–Trinajstić information content (AvgIpc) is 3.57. The molecule has 3 aromatic rings. The number of guanidine groups is 1. The maximum Gasteiger partial charge on any atom is 0.191 e. The molecule has 1 aliphatic heterocycles. The van der Waals surface area contributed by atoms with E-state index in [1.54, 1.807) is 25.2 Å². The van der Waals surface area contributed by atoms with E-state index in [1.807, 2.05) is 24.3 Å². The molecule has 2 N–H and O–H groups in total. The van der Waals surface area contributed by atoms with Gasteiger partial charge >= 0.3 is 0 Å². The van der Waals surface area contributed by atoms with Crippen LogP contribution in [0, 0.1) is 0 Å². The number of rotatable bonds is 8. The molecule has 2 aromatic carbocycles. The fourth-order valence-electron chi connectivity index (χ4n) is 4.04. The Morgan fingerprint density at radius 1 is 1.06 bits per heavy atom. The molecule has 1 unspecified atom stereocenters. The first-order chi connectivity index (χ1) is 15.8. The van der Waals surface area contributed by atoms with Crippen LogP contribution in [-0.4, -0.2) is 59.4 Å². The van der Waals surface area contributed by atoms with E-state index in [0.29, 0.717) is 12.6 Å². The van der Waals surface area contributed by atoms with Gasteiger partial charge < -0.3 is 15.4 Å². The molecular formula is C24H31N7O. The molecule has 1 atom stereocenters. The number of hydrogen-bond donors (Lipinski definition) is 2. The lowest BCUT2D eigenvalue weighted by molar-refractivity contribution is 0.245. The Balaban J connectivity index is 1.35. The van der Waals surface area contributed by atoms with Crippen molar-refractivity contribution in [1.29, 1.82) is 0 Å². The number of aliphatic imine (C=N–C) groups is 1. The Labute approximate surface area is 189 Å². The molecule has 1 aliphatic rings. The van der Waals surface area contributed by atoms with Crippen molar-refractivity contribution in [2.75, 3.05) is 33.8 Å². The smallest absolute Gasteiger partial charge is 0.191 e. The zero-order valence-corrected chi connectivity index (χ0v) is 18.7. The second-order valence-electron chi connectivity index (χ2n) is 7.85. The summed E-state index contributed by atoms with van der Waals surface area (Å²) in [5.74, 6) is 1.68. The van der Waals surface area contributed by atoms with Crippen LogP contribution in [0.5, 0.6) is 5.75 Å². The predicted molar refractivity (Wildman–Crippen MR) is 126 cm³/mol. The van der Waals surface area contributed by atoms with Crippen molar-refractivity contribution in [2.45, 2.75) is 25.4 Å². The van der Waals surface area contributed by atoms with Crippen molar-refractivity contribution >= 4 is 5.96 Å². The first-order valence-electron chi connectivity index (χ1n) is 11.0. The van der Waals surface area contributed by atoms with Gasteiger partial charge in [0.2, 0.25) is 0 Å². The van der Waals surface area contributed by atoms with Crippen LogP contribution in [0.15, 0.2) is 66.2 Å². The topological polar surface area (TPSA) is 79.6 Å². The van der Waals surface area contributed by atoms with Crippen molar-refractivity contribution in [2.24, 2.45) is 4.99 Å². The summed E-state index contributed by atoms with van der Waals surface area (Å²) in [6.07, 6.45) is 5.74. The second kappa shape index (κ2) is 10.8. The molecule has 8 nitrogen and oxygen atoms in total. The van der Waals surface area contributed by atoms with Crippen LogP contribution in [0.4, 0.5) is 0 Å². The highest BCUT2D eigenvalue weighted by Gasteiger charge is 2.23. The zero-order chi connectivity index (χ0) is 22.2. The van der Waals surface area contributed by atoms with Crippen LogP contribution in [0.3, 0.4) is 0 Å². The maximum atomic E-state index is 5.33. The zero-order valence-electron chi connectivity index (χ0n) is 18.7. The van der Waals surface area contributed by atoms with E-state index < -0.39 is 0 Å². The van der Waals surface area contributed by atoms with Gasteiger partial charge in [0.25, 0.3) is 0 Å². The third-order valence-electron chi connectivity index (χ3n) is 5.85. The quantitative estimate of drug-likeness (QED) is 0.420. The fraction of sp³-hybridized carbons (Fsp3) is 0.375. The van der Waals surface area contributed by atoms with Crippen molar-refractivity contribution in [3.63, 3.8) is 0 Å². The molecule has 1 aromatic heterocycles. The number of methoxy groups -OCH3 is 1. The lowest BCUT2D eigenvalue weighted by atomic mass is 10.1. The highest BCUT2D eigenvalue weighted by atomic mass is 16.5.